The van der Waals surface area contributed by atoms with Gasteiger partial charge in [0, 0.05) is 6.54 Å². The van der Waals surface area contributed by atoms with Crippen molar-refractivity contribution < 1.29 is 9.53 Å². The molecule has 1 unspecified atom stereocenters. The van der Waals surface area contributed by atoms with E-state index in [2.05, 4.69) is 9.97 Å². The Hall–Kier alpha value is -1.36. The van der Waals surface area contributed by atoms with Crippen LogP contribution in [-0.2, 0) is 9.53 Å². The first-order valence-electron chi connectivity index (χ1n) is 6.13. The van der Waals surface area contributed by atoms with E-state index in [1.807, 2.05) is 11.8 Å². The van der Waals surface area contributed by atoms with Gasteiger partial charge in [-0.1, -0.05) is 11.6 Å². The minimum Gasteiger partial charge on any atom is -0.464 e. The SMILES string of the molecule is CCOC(=O)C1CCCCN1c1ncc(Cl)cn1. The quantitative estimate of drug-likeness (QED) is 0.786. The van der Waals surface area contributed by atoms with Crippen molar-refractivity contribution in [1.29, 1.82) is 0 Å². The van der Waals surface area contributed by atoms with Gasteiger partial charge in [0.15, 0.2) is 0 Å². The molecule has 2 heterocycles. The van der Waals surface area contributed by atoms with Crippen molar-refractivity contribution in [2.75, 3.05) is 18.1 Å². The maximum Gasteiger partial charge on any atom is 0.328 e. The Balaban J connectivity index is 2.17. The molecule has 0 N–H and O–H groups in total. The molecule has 18 heavy (non-hydrogen) atoms. The maximum absolute atomic E-state index is 11.9. The van der Waals surface area contributed by atoms with Crippen LogP contribution in [0, 0.1) is 0 Å². The summed E-state index contributed by atoms with van der Waals surface area (Å²) in [5, 5.41) is 0.489. The van der Waals surface area contributed by atoms with Gasteiger partial charge in [-0.25, -0.2) is 14.8 Å². The van der Waals surface area contributed by atoms with Crippen molar-refractivity contribution in [3.05, 3.63) is 17.4 Å². The highest BCUT2D eigenvalue weighted by Gasteiger charge is 2.31. The zero-order valence-corrected chi connectivity index (χ0v) is 11.1. The molecule has 1 aromatic rings. The predicted octanol–water partition coefficient (Wildman–Crippen LogP) is 2.05. The number of hydrogen-bond acceptors (Lipinski definition) is 5. The molecule has 0 radical (unpaired) electrons. The van der Waals surface area contributed by atoms with Gasteiger partial charge in [-0.05, 0) is 26.2 Å². The number of rotatable bonds is 3. The lowest BCUT2D eigenvalue weighted by Gasteiger charge is -2.33. The first kappa shape index (κ1) is 13.1. The van der Waals surface area contributed by atoms with Crippen LogP contribution in [0.25, 0.3) is 0 Å². The number of nitrogens with zero attached hydrogens (tertiary/aromatic N) is 3. The van der Waals surface area contributed by atoms with Crippen LogP contribution in [-0.4, -0.2) is 35.1 Å². The number of carbonyl (C=O) groups excluding carboxylic acids is 1. The molecule has 1 atom stereocenters. The molecule has 0 bridgehead atoms. The Kier molecular flexibility index (Phi) is 4.36. The molecular weight excluding hydrogens is 254 g/mol. The summed E-state index contributed by atoms with van der Waals surface area (Å²) in [4.78, 5) is 22.1. The number of anilines is 1. The average Bonchev–Trinajstić information content (AvgIpc) is 2.40. The largest absolute Gasteiger partial charge is 0.464 e. The summed E-state index contributed by atoms with van der Waals surface area (Å²) in [5.41, 5.74) is 0. The normalized spacial score (nSPS) is 19.7. The van der Waals surface area contributed by atoms with E-state index in [-0.39, 0.29) is 12.0 Å². The average molecular weight is 270 g/mol. The van der Waals surface area contributed by atoms with Gasteiger partial charge in [0.25, 0.3) is 0 Å². The second-order valence-corrected chi connectivity index (χ2v) is 4.59. The highest BCUT2D eigenvalue weighted by atomic mass is 35.5. The number of esters is 1. The van der Waals surface area contributed by atoms with Crippen LogP contribution < -0.4 is 4.90 Å². The Bertz CT molecular complexity index is 410. The van der Waals surface area contributed by atoms with E-state index in [4.69, 9.17) is 16.3 Å². The first-order valence-corrected chi connectivity index (χ1v) is 6.51. The van der Waals surface area contributed by atoms with Crippen LogP contribution in [0.2, 0.25) is 5.02 Å². The molecule has 1 fully saturated rings. The van der Waals surface area contributed by atoms with Crippen LogP contribution >= 0.6 is 11.6 Å². The molecule has 1 saturated heterocycles. The third-order valence-electron chi connectivity index (χ3n) is 2.93. The van der Waals surface area contributed by atoms with Crippen molar-refractivity contribution in [1.82, 2.24) is 9.97 Å². The summed E-state index contributed by atoms with van der Waals surface area (Å²) in [5.74, 6) is 0.341. The Morgan fingerprint density at radius 3 is 2.89 bits per heavy atom. The Morgan fingerprint density at radius 2 is 2.22 bits per heavy atom. The molecule has 6 heteroatoms. The van der Waals surface area contributed by atoms with Crippen LogP contribution in [0.3, 0.4) is 0 Å². The van der Waals surface area contributed by atoms with Gasteiger partial charge in [0.05, 0.1) is 24.0 Å². The monoisotopic (exact) mass is 269 g/mol. The van der Waals surface area contributed by atoms with E-state index < -0.39 is 0 Å². The van der Waals surface area contributed by atoms with Gasteiger partial charge in [-0.15, -0.1) is 0 Å². The fraction of sp³-hybridized carbons (Fsp3) is 0.583. The van der Waals surface area contributed by atoms with E-state index in [0.717, 1.165) is 25.8 Å². The van der Waals surface area contributed by atoms with Crippen LogP contribution in [0.1, 0.15) is 26.2 Å². The molecule has 0 spiro atoms. The minimum atomic E-state index is -0.278. The lowest BCUT2D eigenvalue weighted by molar-refractivity contribution is -0.145. The van der Waals surface area contributed by atoms with Crippen molar-refractivity contribution in [3.8, 4) is 0 Å². The topological polar surface area (TPSA) is 55.3 Å². The van der Waals surface area contributed by atoms with Gasteiger partial charge in [0.1, 0.15) is 6.04 Å². The molecule has 1 aliphatic rings. The first-order chi connectivity index (χ1) is 8.72. The summed E-state index contributed by atoms with van der Waals surface area (Å²) in [6, 6.07) is -0.278. The van der Waals surface area contributed by atoms with E-state index in [9.17, 15) is 4.79 Å². The molecule has 0 amide bonds. The Labute approximate surface area is 111 Å². The predicted molar refractivity (Wildman–Crippen MR) is 68.7 cm³/mol. The van der Waals surface area contributed by atoms with E-state index in [0.29, 0.717) is 17.6 Å². The molecule has 2 rings (SSSR count). The summed E-state index contributed by atoms with van der Waals surface area (Å²) < 4.78 is 5.09. The Morgan fingerprint density at radius 1 is 1.50 bits per heavy atom. The highest BCUT2D eigenvalue weighted by Crippen LogP contribution is 2.23. The number of piperidine rings is 1. The van der Waals surface area contributed by atoms with Gasteiger partial charge in [0.2, 0.25) is 5.95 Å². The number of halogens is 1. The maximum atomic E-state index is 11.9. The van der Waals surface area contributed by atoms with E-state index in [1.165, 1.54) is 0 Å². The third-order valence-corrected chi connectivity index (χ3v) is 3.12. The second kappa shape index (κ2) is 6.00. The van der Waals surface area contributed by atoms with Gasteiger partial charge < -0.3 is 9.64 Å². The van der Waals surface area contributed by atoms with Crippen LogP contribution in [0.5, 0.6) is 0 Å². The fourth-order valence-corrected chi connectivity index (χ4v) is 2.21. The van der Waals surface area contributed by atoms with Crippen molar-refractivity contribution in [3.63, 3.8) is 0 Å². The minimum absolute atomic E-state index is 0.198. The van der Waals surface area contributed by atoms with E-state index >= 15 is 0 Å². The van der Waals surface area contributed by atoms with Crippen LogP contribution in [0.4, 0.5) is 5.95 Å². The molecule has 5 nitrogen and oxygen atoms in total. The summed E-state index contributed by atoms with van der Waals surface area (Å²) in [7, 11) is 0. The van der Waals surface area contributed by atoms with Crippen molar-refractivity contribution >= 4 is 23.5 Å². The highest BCUT2D eigenvalue weighted by molar-refractivity contribution is 6.30. The lowest BCUT2D eigenvalue weighted by Crippen LogP contribution is -2.46. The fourth-order valence-electron chi connectivity index (χ4n) is 2.11. The lowest BCUT2D eigenvalue weighted by atomic mass is 10.0. The summed E-state index contributed by atoms with van der Waals surface area (Å²) >= 11 is 5.76. The summed E-state index contributed by atoms with van der Waals surface area (Å²) in [6.07, 6.45) is 5.92. The molecular formula is C12H16ClN3O2. The molecule has 98 valence electrons. The third kappa shape index (κ3) is 2.90. The zero-order chi connectivity index (χ0) is 13.0. The van der Waals surface area contributed by atoms with Crippen LogP contribution in [0.15, 0.2) is 12.4 Å². The number of aromatic nitrogens is 2. The smallest absolute Gasteiger partial charge is 0.328 e. The standard InChI is InChI=1S/C12H16ClN3O2/c1-2-18-11(17)10-5-3-4-6-16(10)12-14-7-9(13)8-15-12/h7-8,10H,2-6H2,1H3. The van der Waals surface area contributed by atoms with E-state index in [1.54, 1.807) is 12.4 Å². The second-order valence-electron chi connectivity index (χ2n) is 4.16. The van der Waals surface area contributed by atoms with Crippen molar-refractivity contribution in [2.24, 2.45) is 0 Å². The molecule has 0 aliphatic carbocycles. The molecule has 0 saturated carbocycles. The van der Waals surface area contributed by atoms with Gasteiger partial charge in [-0.2, -0.15) is 0 Å². The number of carbonyl (C=O) groups is 1. The van der Waals surface area contributed by atoms with Gasteiger partial charge in [-0.3, -0.25) is 0 Å². The van der Waals surface area contributed by atoms with Crippen molar-refractivity contribution in [2.45, 2.75) is 32.2 Å². The number of hydrogen-bond donors (Lipinski definition) is 0. The molecule has 1 aliphatic heterocycles. The molecule has 0 aromatic carbocycles. The summed E-state index contributed by atoms with van der Waals surface area (Å²) in [6.45, 7) is 2.97. The van der Waals surface area contributed by atoms with Gasteiger partial charge >= 0.3 is 5.97 Å². The number of ether oxygens (including phenoxy) is 1. The molecule has 1 aromatic heterocycles. The zero-order valence-electron chi connectivity index (χ0n) is 10.3.